The minimum atomic E-state index is 0.605. The molecule has 0 amide bonds. The van der Waals surface area contributed by atoms with Crippen molar-refractivity contribution < 1.29 is 0 Å². The fourth-order valence-corrected chi connectivity index (χ4v) is 3.02. The molecular formula is C15H24ClN3. The van der Waals surface area contributed by atoms with Crippen LogP contribution in [0.5, 0.6) is 0 Å². The number of aromatic nitrogens is 2. The molecule has 0 aromatic carbocycles. The lowest BCUT2D eigenvalue weighted by molar-refractivity contribution is 0.445. The summed E-state index contributed by atoms with van der Waals surface area (Å²) < 4.78 is 0. The maximum Gasteiger partial charge on any atom is 0.137 e. The fourth-order valence-electron chi connectivity index (χ4n) is 2.84. The zero-order chi connectivity index (χ0) is 13.8. The number of halogens is 1. The highest BCUT2D eigenvalue weighted by Gasteiger charge is 2.24. The van der Waals surface area contributed by atoms with E-state index in [0.717, 1.165) is 36.6 Å². The van der Waals surface area contributed by atoms with E-state index in [9.17, 15) is 0 Å². The van der Waals surface area contributed by atoms with Crippen LogP contribution in [-0.4, -0.2) is 22.6 Å². The molecule has 0 radical (unpaired) electrons. The molecule has 1 unspecified atom stereocenters. The van der Waals surface area contributed by atoms with E-state index in [1.807, 2.05) is 6.92 Å². The first-order valence-corrected chi connectivity index (χ1v) is 7.84. The first kappa shape index (κ1) is 14.6. The van der Waals surface area contributed by atoms with Crippen LogP contribution in [0.2, 0.25) is 5.15 Å². The van der Waals surface area contributed by atoms with Crippen LogP contribution in [0, 0.1) is 6.92 Å². The molecule has 0 saturated carbocycles. The lowest BCUT2D eigenvalue weighted by Gasteiger charge is -2.37. The topological polar surface area (TPSA) is 29.0 Å². The Kier molecular flexibility index (Phi) is 5.03. The molecule has 1 aromatic heterocycles. The van der Waals surface area contributed by atoms with Crippen LogP contribution in [0.4, 0.5) is 5.82 Å². The second-order valence-electron chi connectivity index (χ2n) is 5.38. The molecule has 1 aromatic rings. The number of piperidine rings is 1. The van der Waals surface area contributed by atoms with Gasteiger partial charge in [-0.2, -0.15) is 0 Å². The Labute approximate surface area is 121 Å². The van der Waals surface area contributed by atoms with Gasteiger partial charge in [0.15, 0.2) is 0 Å². The summed E-state index contributed by atoms with van der Waals surface area (Å²) in [5.41, 5.74) is 1.03. The molecule has 2 rings (SSSR count). The van der Waals surface area contributed by atoms with Crippen molar-refractivity contribution in [2.75, 3.05) is 11.4 Å². The zero-order valence-corrected chi connectivity index (χ0v) is 13.0. The molecule has 0 N–H and O–H groups in total. The summed E-state index contributed by atoms with van der Waals surface area (Å²) in [5.74, 6) is 1.95. The Hall–Kier alpha value is -0.830. The van der Waals surface area contributed by atoms with Gasteiger partial charge < -0.3 is 4.90 Å². The lowest BCUT2D eigenvalue weighted by Crippen LogP contribution is -2.40. The van der Waals surface area contributed by atoms with Crippen LogP contribution >= 0.6 is 11.6 Å². The highest BCUT2D eigenvalue weighted by atomic mass is 35.5. The van der Waals surface area contributed by atoms with Crippen molar-refractivity contribution in [3.63, 3.8) is 0 Å². The molecule has 1 fully saturated rings. The largest absolute Gasteiger partial charge is 0.353 e. The molecule has 1 aliphatic heterocycles. The van der Waals surface area contributed by atoms with Crippen molar-refractivity contribution in [2.45, 2.75) is 65.3 Å². The van der Waals surface area contributed by atoms with Gasteiger partial charge in [-0.1, -0.05) is 25.4 Å². The molecule has 3 nitrogen and oxygen atoms in total. The molecule has 1 atom stereocenters. The van der Waals surface area contributed by atoms with Crippen molar-refractivity contribution >= 4 is 17.4 Å². The number of aryl methyl sites for hydroxylation is 1. The Morgan fingerprint density at radius 2 is 2.05 bits per heavy atom. The van der Waals surface area contributed by atoms with E-state index in [1.165, 1.54) is 25.7 Å². The van der Waals surface area contributed by atoms with E-state index < -0.39 is 0 Å². The quantitative estimate of drug-likeness (QED) is 0.776. The predicted octanol–water partition coefficient (Wildman–Crippen LogP) is 4.16. The van der Waals surface area contributed by atoms with Gasteiger partial charge in [-0.05, 0) is 39.0 Å². The van der Waals surface area contributed by atoms with E-state index in [2.05, 4.69) is 23.7 Å². The average Bonchev–Trinajstić information content (AvgIpc) is 2.43. The second-order valence-corrected chi connectivity index (χ2v) is 5.74. The third-order valence-corrected chi connectivity index (χ3v) is 4.32. The molecule has 1 aliphatic rings. The normalized spacial score (nSPS) is 19.8. The smallest absolute Gasteiger partial charge is 0.137 e. The number of hydrogen-bond acceptors (Lipinski definition) is 3. The van der Waals surface area contributed by atoms with Crippen molar-refractivity contribution in [1.29, 1.82) is 0 Å². The molecule has 4 heteroatoms. The van der Waals surface area contributed by atoms with Crippen LogP contribution < -0.4 is 4.90 Å². The monoisotopic (exact) mass is 281 g/mol. The minimum absolute atomic E-state index is 0.605. The van der Waals surface area contributed by atoms with Crippen molar-refractivity contribution in [1.82, 2.24) is 9.97 Å². The lowest BCUT2D eigenvalue weighted by atomic mass is 9.99. The van der Waals surface area contributed by atoms with Gasteiger partial charge in [0, 0.05) is 24.6 Å². The Balaban J connectivity index is 2.35. The van der Waals surface area contributed by atoms with E-state index in [-0.39, 0.29) is 0 Å². The highest BCUT2D eigenvalue weighted by molar-refractivity contribution is 6.30. The second kappa shape index (κ2) is 6.56. The molecular weight excluding hydrogens is 258 g/mol. The van der Waals surface area contributed by atoms with Crippen LogP contribution in [-0.2, 0) is 6.42 Å². The van der Waals surface area contributed by atoms with Gasteiger partial charge in [0.25, 0.3) is 0 Å². The molecule has 0 bridgehead atoms. The minimum Gasteiger partial charge on any atom is -0.353 e. The van der Waals surface area contributed by atoms with E-state index >= 15 is 0 Å². The van der Waals surface area contributed by atoms with Gasteiger partial charge in [0.05, 0.1) is 0 Å². The maximum atomic E-state index is 6.29. The number of rotatable bonds is 4. The van der Waals surface area contributed by atoms with Gasteiger partial charge in [-0.15, -0.1) is 0 Å². The van der Waals surface area contributed by atoms with Gasteiger partial charge >= 0.3 is 0 Å². The summed E-state index contributed by atoms with van der Waals surface area (Å²) in [7, 11) is 0. The first-order chi connectivity index (χ1) is 9.17. The summed E-state index contributed by atoms with van der Waals surface area (Å²) >= 11 is 6.29. The standard InChI is InChI=1S/C15H24ClN3/c1-4-8-13-17-14(16)11(3)15(18-13)19-10-7-6-9-12(19)5-2/h12H,4-10H2,1-3H3. The van der Waals surface area contributed by atoms with Crippen molar-refractivity contribution in [2.24, 2.45) is 0 Å². The van der Waals surface area contributed by atoms with Crippen molar-refractivity contribution in [3.8, 4) is 0 Å². The molecule has 0 aliphatic carbocycles. The van der Waals surface area contributed by atoms with Gasteiger partial charge in [0.2, 0.25) is 0 Å². The summed E-state index contributed by atoms with van der Waals surface area (Å²) in [6, 6.07) is 0.605. The van der Waals surface area contributed by atoms with Gasteiger partial charge in [0.1, 0.15) is 16.8 Å². The summed E-state index contributed by atoms with van der Waals surface area (Å²) in [6.07, 6.45) is 6.97. The average molecular weight is 282 g/mol. The van der Waals surface area contributed by atoms with Crippen LogP contribution in [0.15, 0.2) is 0 Å². The highest BCUT2D eigenvalue weighted by Crippen LogP contribution is 2.30. The van der Waals surface area contributed by atoms with Crippen molar-refractivity contribution in [3.05, 3.63) is 16.5 Å². The van der Waals surface area contributed by atoms with E-state index in [1.54, 1.807) is 0 Å². The van der Waals surface area contributed by atoms with Gasteiger partial charge in [-0.3, -0.25) is 0 Å². The third-order valence-electron chi connectivity index (χ3n) is 3.95. The molecule has 0 spiro atoms. The van der Waals surface area contributed by atoms with Gasteiger partial charge in [-0.25, -0.2) is 9.97 Å². The number of nitrogens with zero attached hydrogens (tertiary/aromatic N) is 3. The summed E-state index contributed by atoms with van der Waals surface area (Å²) in [5, 5.41) is 0.619. The third kappa shape index (κ3) is 3.19. The molecule has 106 valence electrons. The van der Waals surface area contributed by atoms with Crippen LogP contribution in [0.1, 0.15) is 57.3 Å². The predicted molar refractivity (Wildman–Crippen MR) is 81.1 cm³/mol. The summed E-state index contributed by atoms with van der Waals surface area (Å²) in [6.45, 7) is 7.54. The molecule has 2 heterocycles. The van der Waals surface area contributed by atoms with Crippen LogP contribution in [0.3, 0.4) is 0 Å². The Bertz CT molecular complexity index is 434. The number of anilines is 1. The maximum absolute atomic E-state index is 6.29. The molecule has 1 saturated heterocycles. The first-order valence-electron chi connectivity index (χ1n) is 7.47. The molecule has 19 heavy (non-hydrogen) atoms. The Morgan fingerprint density at radius 1 is 1.26 bits per heavy atom. The zero-order valence-electron chi connectivity index (χ0n) is 12.2. The van der Waals surface area contributed by atoms with E-state index in [0.29, 0.717) is 11.2 Å². The summed E-state index contributed by atoms with van der Waals surface area (Å²) in [4.78, 5) is 11.6. The SMILES string of the molecule is CCCc1nc(Cl)c(C)c(N2CCCCC2CC)n1. The van der Waals surface area contributed by atoms with E-state index in [4.69, 9.17) is 16.6 Å². The van der Waals surface area contributed by atoms with Crippen LogP contribution in [0.25, 0.3) is 0 Å². The Morgan fingerprint density at radius 3 is 2.74 bits per heavy atom. The number of hydrogen-bond donors (Lipinski definition) is 0. The fraction of sp³-hybridized carbons (Fsp3) is 0.733.